The normalized spacial score (nSPS) is 49.6. The van der Waals surface area contributed by atoms with E-state index in [1.54, 1.807) is 0 Å². The number of rotatable bonds is 8. The lowest BCUT2D eigenvalue weighted by molar-refractivity contribution is -0.325. The Balaban J connectivity index is 1.19. The molecule has 0 aromatic rings. The number of carbonyl (C=O) groups excluding carboxylic acids is 1. The molecule has 0 aromatic heterocycles. The molecule has 0 radical (unpaired) electrons. The maximum atomic E-state index is 13.6. The lowest BCUT2D eigenvalue weighted by Gasteiger charge is -2.73. The van der Waals surface area contributed by atoms with Crippen molar-refractivity contribution in [2.75, 3.05) is 20.3 Å². The molecule has 0 spiro atoms. The first-order chi connectivity index (χ1) is 23.3. The summed E-state index contributed by atoms with van der Waals surface area (Å²) in [6.07, 6.45) is 2.56. The topological polar surface area (TPSA) is 169 Å². The number of fused-ring (bicyclic) bond motifs is 7. The number of aliphatic hydroxyl groups excluding tert-OH is 4. The van der Waals surface area contributed by atoms with Gasteiger partial charge in [0.25, 0.3) is 0 Å². The van der Waals surface area contributed by atoms with Gasteiger partial charge in [0, 0.05) is 6.04 Å². The first kappa shape index (κ1) is 38.1. The largest absolute Gasteiger partial charge is 0.481 e. The van der Waals surface area contributed by atoms with Crippen molar-refractivity contribution in [3.8, 4) is 0 Å². The number of hydrogen-bond acceptors (Lipinski definition) is 9. The molecule has 6 aliphatic rings. The van der Waals surface area contributed by atoms with E-state index in [1.807, 2.05) is 0 Å². The lowest BCUT2D eigenvalue weighted by Crippen LogP contribution is -2.68. The third kappa shape index (κ3) is 5.37. The highest BCUT2D eigenvalue weighted by Crippen LogP contribution is 2.77. The molecule has 15 atom stereocenters. The number of aliphatic hydroxyl groups is 4. The SMILES string of the molecule is C=C(C)[C@@H]1CC[C@]2(C(=O)O)CC[C@]3(C)[C@H](CC[C@@H]4[C@@]5(C)CC[C@H](NC(=O)CN(OC)[C@@H]6O[C@H](CO)[C@@H](O)[C@@H](O)[C@@H]6O)C(C)(C)[C@@H]5CC[C@]43C)[C@@H]12. The third-order valence-electron chi connectivity index (χ3n) is 16.5. The molecule has 284 valence electrons. The molecule has 1 amide bonds. The predicted octanol–water partition coefficient (Wildman–Crippen LogP) is 3.88. The Labute approximate surface area is 298 Å². The van der Waals surface area contributed by atoms with Crippen molar-refractivity contribution < 1.29 is 44.7 Å². The number of hydrogen-bond donors (Lipinski definition) is 6. The van der Waals surface area contributed by atoms with E-state index in [2.05, 4.69) is 53.4 Å². The molecule has 11 heteroatoms. The van der Waals surface area contributed by atoms with Gasteiger partial charge in [0.2, 0.25) is 5.91 Å². The molecule has 6 fully saturated rings. The van der Waals surface area contributed by atoms with E-state index in [-0.39, 0.29) is 52.0 Å². The molecule has 0 bridgehead atoms. The molecule has 5 aliphatic carbocycles. The first-order valence-electron chi connectivity index (χ1n) is 19.1. The van der Waals surface area contributed by atoms with Crippen LogP contribution in [-0.4, -0.2) is 99.4 Å². The van der Waals surface area contributed by atoms with Gasteiger partial charge in [-0.1, -0.05) is 46.8 Å². The zero-order valence-corrected chi connectivity index (χ0v) is 31.4. The van der Waals surface area contributed by atoms with Crippen LogP contribution in [0.4, 0.5) is 0 Å². The summed E-state index contributed by atoms with van der Waals surface area (Å²) in [5.41, 5.74) is 0.529. The number of carboxylic acid groups (broad SMARTS) is 1. The van der Waals surface area contributed by atoms with Gasteiger partial charge in [0.1, 0.15) is 31.0 Å². The second kappa shape index (κ2) is 13.1. The maximum absolute atomic E-state index is 13.6. The van der Waals surface area contributed by atoms with Crippen molar-refractivity contribution in [3.63, 3.8) is 0 Å². The smallest absolute Gasteiger partial charge is 0.309 e. The monoisotopic (exact) mass is 704 g/mol. The summed E-state index contributed by atoms with van der Waals surface area (Å²) in [6, 6.07) is -0.0847. The minimum absolute atomic E-state index is 0.0504. The fourth-order valence-corrected chi connectivity index (χ4v) is 13.7. The van der Waals surface area contributed by atoms with Crippen LogP contribution < -0.4 is 5.32 Å². The zero-order valence-electron chi connectivity index (χ0n) is 31.4. The van der Waals surface area contributed by atoms with E-state index in [0.29, 0.717) is 17.8 Å². The number of nitrogens with one attached hydrogen (secondary N) is 1. The average molecular weight is 705 g/mol. The summed E-state index contributed by atoms with van der Waals surface area (Å²) in [7, 11) is 1.35. The highest BCUT2D eigenvalue weighted by Gasteiger charge is 2.72. The summed E-state index contributed by atoms with van der Waals surface area (Å²) in [5, 5.41) is 55.9. The number of hydroxylamine groups is 2. The fraction of sp³-hybridized carbons (Fsp3) is 0.897. The number of ether oxygens (including phenoxy) is 1. The van der Waals surface area contributed by atoms with E-state index >= 15 is 0 Å². The van der Waals surface area contributed by atoms with Crippen molar-refractivity contribution in [2.45, 2.75) is 142 Å². The quantitative estimate of drug-likeness (QED) is 0.161. The molecule has 11 nitrogen and oxygen atoms in total. The number of nitrogens with zero attached hydrogens (tertiary/aromatic N) is 1. The fourth-order valence-electron chi connectivity index (χ4n) is 13.7. The van der Waals surface area contributed by atoms with Crippen LogP contribution in [0.5, 0.6) is 0 Å². The molecular weight excluding hydrogens is 640 g/mol. The van der Waals surface area contributed by atoms with Gasteiger partial charge in [-0.05, 0) is 122 Å². The molecule has 6 N–H and O–H groups in total. The Morgan fingerprint density at radius 3 is 2.20 bits per heavy atom. The predicted molar refractivity (Wildman–Crippen MR) is 186 cm³/mol. The van der Waals surface area contributed by atoms with Crippen LogP contribution in [0.15, 0.2) is 12.2 Å². The Morgan fingerprint density at radius 1 is 0.880 bits per heavy atom. The van der Waals surface area contributed by atoms with Gasteiger partial charge in [0.15, 0.2) is 6.23 Å². The van der Waals surface area contributed by atoms with Gasteiger partial charge in [-0.25, -0.2) is 0 Å². The maximum Gasteiger partial charge on any atom is 0.309 e. The van der Waals surface area contributed by atoms with Crippen LogP contribution in [0.1, 0.15) is 106 Å². The van der Waals surface area contributed by atoms with Gasteiger partial charge in [0.05, 0.1) is 19.1 Å². The minimum atomic E-state index is -1.57. The summed E-state index contributed by atoms with van der Waals surface area (Å²) in [4.78, 5) is 32.0. The van der Waals surface area contributed by atoms with Crippen LogP contribution in [0, 0.1) is 56.7 Å². The van der Waals surface area contributed by atoms with Gasteiger partial charge < -0.3 is 35.6 Å². The second-order valence-corrected chi connectivity index (χ2v) is 18.6. The standard InChI is InChI=1S/C39H64N2O9/c1-21(2)22-11-16-39(34(47)48)18-17-37(6)23(29(22)39)9-10-26-36(5)14-13-27(35(3,4)25(36)12-15-38(26,37)7)40-28(43)19-41(49-8)33-32(46)31(45)30(44)24(20-42)50-33/h22-27,29-33,42,44-46H,1,9-20H2,2-8H3,(H,40,43)(H,47,48)/t22-,23+,24+,25-,26+,27-,29+,30+,31+,32-,33+,36-,37+,38+,39-/m0/s1. The van der Waals surface area contributed by atoms with E-state index in [0.717, 1.165) is 74.8 Å². The molecule has 0 aromatic carbocycles. The molecule has 1 heterocycles. The molecule has 0 unspecified atom stereocenters. The van der Waals surface area contributed by atoms with Gasteiger partial charge in [-0.2, -0.15) is 0 Å². The second-order valence-electron chi connectivity index (χ2n) is 18.6. The number of carboxylic acids is 1. The Kier molecular flexibility index (Phi) is 9.96. The summed E-state index contributed by atoms with van der Waals surface area (Å²) < 4.78 is 5.64. The molecule has 1 saturated heterocycles. The number of aliphatic carboxylic acids is 1. The Morgan fingerprint density at radius 2 is 1.58 bits per heavy atom. The molecular formula is C39H64N2O9. The zero-order chi connectivity index (χ0) is 36.8. The summed E-state index contributed by atoms with van der Waals surface area (Å²) in [5.74, 6) is 0.781. The highest BCUT2D eigenvalue weighted by atomic mass is 16.7. The van der Waals surface area contributed by atoms with Crippen molar-refractivity contribution in [1.29, 1.82) is 0 Å². The van der Waals surface area contributed by atoms with Crippen LogP contribution >= 0.6 is 0 Å². The van der Waals surface area contributed by atoms with Gasteiger partial charge in [-0.3, -0.25) is 14.4 Å². The van der Waals surface area contributed by atoms with E-state index in [1.165, 1.54) is 7.11 Å². The summed E-state index contributed by atoms with van der Waals surface area (Å²) >= 11 is 0. The van der Waals surface area contributed by atoms with Crippen LogP contribution in [-0.2, 0) is 19.2 Å². The molecule has 5 saturated carbocycles. The third-order valence-corrected chi connectivity index (χ3v) is 16.5. The van der Waals surface area contributed by atoms with E-state index < -0.39 is 48.6 Å². The summed E-state index contributed by atoms with van der Waals surface area (Å²) in [6.45, 7) is 17.8. The van der Waals surface area contributed by atoms with E-state index in [9.17, 15) is 35.1 Å². The first-order valence-corrected chi connectivity index (χ1v) is 19.1. The molecule has 50 heavy (non-hydrogen) atoms. The lowest BCUT2D eigenvalue weighted by atomic mass is 9.32. The Bertz CT molecular complexity index is 1340. The van der Waals surface area contributed by atoms with Crippen LogP contribution in [0.2, 0.25) is 0 Å². The number of allylic oxidation sites excluding steroid dienone is 1. The van der Waals surface area contributed by atoms with Crippen LogP contribution in [0.25, 0.3) is 0 Å². The van der Waals surface area contributed by atoms with Crippen molar-refractivity contribution in [1.82, 2.24) is 10.4 Å². The molecule has 1 aliphatic heterocycles. The van der Waals surface area contributed by atoms with Crippen molar-refractivity contribution in [3.05, 3.63) is 12.2 Å². The minimum Gasteiger partial charge on any atom is -0.481 e. The number of amides is 1. The molecule has 6 rings (SSSR count). The Hall–Kier alpha value is -1.60. The van der Waals surface area contributed by atoms with Gasteiger partial charge in [-0.15, -0.1) is 5.06 Å². The number of carbonyl (C=O) groups is 2. The highest BCUT2D eigenvalue weighted by molar-refractivity contribution is 5.78. The van der Waals surface area contributed by atoms with Crippen molar-refractivity contribution in [2.24, 2.45) is 56.7 Å². The average Bonchev–Trinajstić information content (AvgIpc) is 3.46. The van der Waals surface area contributed by atoms with Crippen LogP contribution in [0.3, 0.4) is 0 Å². The van der Waals surface area contributed by atoms with E-state index in [4.69, 9.17) is 9.57 Å². The van der Waals surface area contributed by atoms with Gasteiger partial charge >= 0.3 is 5.97 Å². The van der Waals surface area contributed by atoms with Crippen molar-refractivity contribution >= 4 is 11.9 Å².